The summed E-state index contributed by atoms with van der Waals surface area (Å²) in [7, 11) is 0. The number of benzene rings is 1. The maximum absolute atomic E-state index is 5.99. The molecular formula is C17H28N2. The van der Waals surface area contributed by atoms with Gasteiger partial charge in [0.2, 0.25) is 0 Å². The van der Waals surface area contributed by atoms with Crippen LogP contribution in [0.1, 0.15) is 52.5 Å². The molecule has 19 heavy (non-hydrogen) atoms. The summed E-state index contributed by atoms with van der Waals surface area (Å²) in [5.41, 5.74) is 10.1. The number of anilines is 2. The molecule has 1 saturated carbocycles. The van der Waals surface area contributed by atoms with Gasteiger partial charge in [-0.3, -0.25) is 0 Å². The zero-order valence-corrected chi connectivity index (χ0v) is 13.0. The maximum atomic E-state index is 5.99. The average molecular weight is 260 g/mol. The Morgan fingerprint density at radius 3 is 2.26 bits per heavy atom. The normalized spacial score (nSPS) is 22.2. The molecule has 1 fully saturated rings. The number of nitrogens with two attached hydrogens (primary N) is 1. The molecule has 0 aliphatic heterocycles. The molecule has 0 amide bonds. The summed E-state index contributed by atoms with van der Waals surface area (Å²) in [5, 5.41) is 3.72. The Bertz CT molecular complexity index is 444. The lowest BCUT2D eigenvalue weighted by Gasteiger charge is -2.45. The van der Waals surface area contributed by atoms with E-state index in [9.17, 15) is 0 Å². The molecule has 2 heteroatoms. The SMILES string of the molecule is Cc1c(N)cccc1NC1CC(C)(C)CC(C)(C)C1. The molecule has 106 valence electrons. The second-order valence-electron chi connectivity index (χ2n) is 7.77. The highest BCUT2D eigenvalue weighted by atomic mass is 14.9. The van der Waals surface area contributed by atoms with Crippen LogP contribution in [0.2, 0.25) is 0 Å². The van der Waals surface area contributed by atoms with Crippen molar-refractivity contribution in [3.05, 3.63) is 23.8 Å². The van der Waals surface area contributed by atoms with Crippen LogP contribution in [0.3, 0.4) is 0 Å². The zero-order valence-electron chi connectivity index (χ0n) is 13.0. The molecule has 0 spiro atoms. The van der Waals surface area contributed by atoms with Gasteiger partial charge in [0.05, 0.1) is 0 Å². The first-order chi connectivity index (χ1) is 8.69. The van der Waals surface area contributed by atoms with E-state index in [1.807, 2.05) is 12.1 Å². The quantitative estimate of drug-likeness (QED) is 0.763. The third kappa shape index (κ3) is 3.43. The fraction of sp³-hybridized carbons (Fsp3) is 0.647. The van der Waals surface area contributed by atoms with Crippen LogP contribution in [-0.4, -0.2) is 6.04 Å². The van der Waals surface area contributed by atoms with Gasteiger partial charge in [-0.2, -0.15) is 0 Å². The molecule has 1 aliphatic rings. The first kappa shape index (κ1) is 14.2. The molecule has 0 radical (unpaired) electrons. The molecule has 2 nitrogen and oxygen atoms in total. The van der Waals surface area contributed by atoms with Gasteiger partial charge in [-0.15, -0.1) is 0 Å². The second-order valence-corrected chi connectivity index (χ2v) is 7.77. The van der Waals surface area contributed by atoms with Gasteiger partial charge in [0.1, 0.15) is 0 Å². The highest BCUT2D eigenvalue weighted by Gasteiger charge is 2.38. The van der Waals surface area contributed by atoms with E-state index in [0.29, 0.717) is 16.9 Å². The summed E-state index contributed by atoms with van der Waals surface area (Å²) in [4.78, 5) is 0. The van der Waals surface area contributed by atoms with Crippen molar-refractivity contribution in [3.8, 4) is 0 Å². The molecule has 1 aliphatic carbocycles. The van der Waals surface area contributed by atoms with Gasteiger partial charge in [-0.25, -0.2) is 0 Å². The fourth-order valence-electron chi connectivity index (χ4n) is 3.98. The molecule has 0 atom stereocenters. The van der Waals surface area contributed by atoms with Crippen molar-refractivity contribution in [1.82, 2.24) is 0 Å². The van der Waals surface area contributed by atoms with Gasteiger partial charge < -0.3 is 11.1 Å². The zero-order chi connectivity index (χ0) is 14.3. The number of rotatable bonds is 2. The predicted octanol–water partition coefficient (Wildman–Crippen LogP) is 4.59. The molecule has 0 saturated heterocycles. The van der Waals surface area contributed by atoms with Crippen molar-refractivity contribution in [2.75, 3.05) is 11.1 Å². The Labute approximate surface area is 117 Å². The van der Waals surface area contributed by atoms with Crippen LogP contribution in [0.5, 0.6) is 0 Å². The lowest BCUT2D eigenvalue weighted by molar-refractivity contribution is 0.105. The number of hydrogen-bond acceptors (Lipinski definition) is 2. The first-order valence-electron chi connectivity index (χ1n) is 7.30. The van der Waals surface area contributed by atoms with E-state index >= 15 is 0 Å². The van der Waals surface area contributed by atoms with Crippen molar-refractivity contribution in [2.45, 2.75) is 59.9 Å². The predicted molar refractivity (Wildman–Crippen MR) is 84.4 cm³/mol. The minimum atomic E-state index is 0.410. The number of hydrogen-bond donors (Lipinski definition) is 2. The van der Waals surface area contributed by atoms with Crippen LogP contribution in [0.15, 0.2) is 18.2 Å². The third-order valence-corrected chi connectivity index (χ3v) is 4.29. The Morgan fingerprint density at radius 1 is 1.11 bits per heavy atom. The molecule has 1 aromatic rings. The van der Waals surface area contributed by atoms with E-state index in [-0.39, 0.29) is 0 Å². The topological polar surface area (TPSA) is 38.0 Å². The smallest absolute Gasteiger partial charge is 0.0392 e. The van der Waals surface area contributed by atoms with Crippen LogP contribution in [0.4, 0.5) is 11.4 Å². The highest BCUT2D eigenvalue weighted by Crippen LogP contribution is 2.46. The van der Waals surface area contributed by atoms with Crippen LogP contribution in [-0.2, 0) is 0 Å². The van der Waals surface area contributed by atoms with Crippen molar-refractivity contribution in [3.63, 3.8) is 0 Å². The van der Waals surface area contributed by atoms with Gasteiger partial charge in [0, 0.05) is 17.4 Å². The summed E-state index contributed by atoms with van der Waals surface area (Å²) in [5.74, 6) is 0. The minimum absolute atomic E-state index is 0.410. The van der Waals surface area contributed by atoms with E-state index in [2.05, 4.69) is 46.0 Å². The summed E-state index contributed by atoms with van der Waals surface area (Å²) in [6, 6.07) is 6.68. The molecule has 0 aromatic heterocycles. The van der Waals surface area contributed by atoms with Gasteiger partial charge in [-0.1, -0.05) is 33.8 Å². The van der Waals surface area contributed by atoms with Gasteiger partial charge in [-0.05, 0) is 54.7 Å². The Hall–Kier alpha value is -1.18. The highest BCUT2D eigenvalue weighted by molar-refractivity contribution is 5.63. The maximum Gasteiger partial charge on any atom is 0.0392 e. The molecule has 0 unspecified atom stereocenters. The van der Waals surface area contributed by atoms with Crippen molar-refractivity contribution in [1.29, 1.82) is 0 Å². The van der Waals surface area contributed by atoms with Crippen molar-refractivity contribution >= 4 is 11.4 Å². The number of nitrogens with one attached hydrogen (secondary N) is 1. The Balaban J connectivity index is 2.16. The summed E-state index contributed by atoms with van der Waals surface area (Å²) < 4.78 is 0. The van der Waals surface area contributed by atoms with E-state index in [4.69, 9.17) is 5.73 Å². The summed E-state index contributed by atoms with van der Waals surface area (Å²) in [6.07, 6.45) is 3.75. The van der Waals surface area contributed by atoms with E-state index < -0.39 is 0 Å². The molecule has 0 bridgehead atoms. The van der Waals surface area contributed by atoms with Crippen molar-refractivity contribution in [2.24, 2.45) is 10.8 Å². The average Bonchev–Trinajstić information content (AvgIpc) is 2.20. The van der Waals surface area contributed by atoms with Crippen molar-refractivity contribution < 1.29 is 0 Å². The van der Waals surface area contributed by atoms with Crippen LogP contribution in [0, 0.1) is 17.8 Å². The lowest BCUT2D eigenvalue weighted by atomic mass is 9.63. The minimum Gasteiger partial charge on any atom is -0.398 e. The van der Waals surface area contributed by atoms with Crippen LogP contribution >= 0.6 is 0 Å². The number of nitrogen functional groups attached to an aromatic ring is 1. The van der Waals surface area contributed by atoms with E-state index in [1.165, 1.54) is 30.5 Å². The van der Waals surface area contributed by atoms with Crippen LogP contribution in [0.25, 0.3) is 0 Å². The van der Waals surface area contributed by atoms with Crippen LogP contribution < -0.4 is 11.1 Å². The molecular weight excluding hydrogens is 232 g/mol. The first-order valence-corrected chi connectivity index (χ1v) is 7.30. The van der Waals surface area contributed by atoms with Gasteiger partial charge >= 0.3 is 0 Å². The lowest BCUT2D eigenvalue weighted by Crippen LogP contribution is -2.40. The Kier molecular flexibility index (Phi) is 3.55. The monoisotopic (exact) mass is 260 g/mol. The summed E-state index contributed by atoms with van der Waals surface area (Å²) >= 11 is 0. The van der Waals surface area contributed by atoms with Gasteiger partial charge in [0.15, 0.2) is 0 Å². The molecule has 1 aromatic carbocycles. The largest absolute Gasteiger partial charge is 0.398 e. The second kappa shape index (κ2) is 4.73. The summed E-state index contributed by atoms with van der Waals surface area (Å²) in [6.45, 7) is 11.6. The standard InChI is InChI=1S/C17H28N2/c1-12-14(18)7-6-8-15(12)19-13-9-16(2,3)11-17(4,5)10-13/h6-8,13,19H,9-11,18H2,1-5H3. The Morgan fingerprint density at radius 2 is 1.68 bits per heavy atom. The van der Waals surface area contributed by atoms with E-state index in [1.54, 1.807) is 0 Å². The van der Waals surface area contributed by atoms with E-state index in [0.717, 1.165) is 5.69 Å². The third-order valence-electron chi connectivity index (χ3n) is 4.29. The fourth-order valence-corrected chi connectivity index (χ4v) is 3.98. The van der Waals surface area contributed by atoms with Gasteiger partial charge in [0.25, 0.3) is 0 Å². The molecule has 2 rings (SSSR count). The molecule has 3 N–H and O–H groups in total. The molecule has 0 heterocycles.